The van der Waals surface area contributed by atoms with Crippen molar-refractivity contribution >= 4 is 17.7 Å². The number of imidazole rings is 1. The van der Waals surface area contributed by atoms with Gasteiger partial charge in [-0.1, -0.05) is 37.6 Å². The number of aryl methyl sites for hydroxylation is 1. The number of nitrogens with zero attached hydrogens (tertiary/aromatic N) is 4. The number of amides is 1. The Morgan fingerprint density at radius 1 is 1.07 bits per heavy atom. The summed E-state index contributed by atoms with van der Waals surface area (Å²) in [4.78, 5) is 25.1. The third kappa shape index (κ3) is 6.03. The molecule has 8 heteroatoms. The lowest BCUT2D eigenvalue weighted by Crippen LogP contribution is -2.29. The molecule has 0 aliphatic rings. The molecule has 0 atom stereocenters. The van der Waals surface area contributed by atoms with Gasteiger partial charge in [0.05, 0.1) is 6.54 Å². The van der Waals surface area contributed by atoms with E-state index in [1.165, 1.54) is 5.56 Å². The smallest absolute Gasteiger partial charge is 0.239 e. The van der Waals surface area contributed by atoms with Crippen LogP contribution in [0.3, 0.4) is 0 Å². The van der Waals surface area contributed by atoms with Crippen molar-refractivity contribution in [3.05, 3.63) is 60.2 Å². The number of nitrogens with one attached hydrogen (secondary N) is 3. The lowest BCUT2D eigenvalue weighted by atomic mass is 10.1. The summed E-state index contributed by atoms with van der Waals surface area (Å²) in [5.74, 6) is 1.63. The molecule has 0 unspecified atom stereocenters. The van der Waals surface area contributed by atoms with Gasteiger partial charge in [0.15, 0.2) is 0 Å². The van der Waals surface area contributed by atoms with E-state index in [2.05, 4.69) is 62.1 Å². The number of hydrogen-bond donors (Lipinski definition) is 3. The summed E-state index contributed by atoms with van der Waals surface area (Å²) < 4.78 is 1.79. The predicted molar refractivity (Wildman–Crippen MR) is 114 cm³/mol. The topological polar surface area (TPSA) is 96.8 Å². The molecule has 8 nitrogen and oxygen atoms in total. The highest BCUT2D eigenvalue weighted by Crippen LogP contribution is 2.13. The number of aromatic nitrogens is 4. The number of rotatable bonds is 10. The molecule has 0 aliphatic carbocycles. The molecule has 3 rings (SSSR count). The Morgan fingerprint density at radius 2 is 1.86 bits per heavy atom. The Kier molecular flexibility index (Phi) is 7.16. The number of benzene rings is 1. The Balaban J connectivity index is 1.56. The highest BCUT2D eigenvalue weighted by atomic mass is 16.1. The summed E-state index contributed by atoms with van der Waals surface area (Å²) in [7, 11) is 0. The normalized spacial score (nSPS) is 10.6. The first-order chi connectivity index (χ1) is 14.2. The summed E-state index contributed by atoms with van der Waals surface area (Å²) >= 11 is 0. The van der Waals surface area contributed by atoms with Crippen molar-refractivity contribution in [2.45, 2.75) is 33.2 Å². The molecule has 152 valence electrons. The van der Waals surface area contributed by atoms with Crippen LogP contribution in [0.2, 0.25) is 0 Å². The number of carbonyl (C=O) groups is 1. The lowest BCUT2D eigenvalue weighted by Gasteiger charge is -2.11. The van der Waals surface area contributed by atoms with Crippen molar-refractivity contribution in [2.75, 3.05) is 23.7 Å². The van der Waals surface area contributed by atoms with E-state index in [1.807, 2.05) is 6.92 Å². The van der Waals surface area contributed by atoms with Crippen LogP contribution in [0.1, 0.15) is 31.4 Å². The minimum Gasteiger partial charge on any atom is -0.361 e. The summed E-state index contributed by atoms with van der Waals surface area (Å²) in [6.07, 6.45) is 7.36. The molecule has 0 aliphatic heterocycles. The Morgan fingerprint density at radius 3 is 2.55 bits per heavy atom. The van der Waals surface area contributed by atoms with Gasteiger partial charge in [-0.3, -0.25) is 9.36 Å². The van der Waals surface area contributed by atoms with E-state index in [-0.39, 0.29) is 12.5 Å². The van der Waals surface area contributed by atoms with Crippen molar-refractivity contribution in [2.24, 2.45) is 0 Å². The van der Waals surface area contributed by atoms with E-state index in [4.69, 9.17) is 0 Å². The second kappa shape index (κ2) is 10.2. The maximum atomic E-state index is 12.2. The van der Waals surface area contributed by atoms with Crippen molar-refractivity contribution in [1.82, 2.24) is 24.8 Å². The summed E-state index contributed by atoms with van der Waals surface area (Å²) in [5.41, 5.74) is 2.40. The zero-order valence-corrected chi connectivity index (χ0v) is 16.9. The van der Waals surface area contributed by atoms with Crippen molar-refractivity contribution < 1.29 is 4.79 Å². The van der Waals surface area contributed by atoms with Gasteiger partial charge in [0.25, 0.3) is 0 Å². The molecule has 2 heterocycles. The zero-order valence-electron chi connectivity index (χ0n) is 16.9. The third-order valence-corrected chi connectivity index (χ3v) is 4.30. The number of carbonyl (C=O) groups excluding carboxylic acids is 1. The molecule has 0 saturated carbocycles. The Bertz CT molecular complexity index is 907. The van der Waals surface area contributed by atoms with Crippen LogP contribution in [0.15, 0.2) is 49.1 Å². The van der Waals surface area contributed by atoms with Crippen molar-refractivity contribution in [1.29, 1.82) is 0 Å². The van der Waals surface area contributed by atoms with Gasteiger partial charge >= 0.3 is 0 Å². The highest BCUT2D eigenvalue weighted by Gasteiger charge is 2.08. The van der Waals surface area contributed by atoms with Gasteiger partial charge < -0.3 is 16.0 Å². The van der Waals surface area contributed by atoms with E-state index < -0.39 is 0 Å². The first kappa shape index (κ1) is 20.3. The fraction of sp³-hybridized carbons (Fsp3) is 0.333. The standard InChI is InChI=1S/C21H27N7O/c1-3-5-16-6-8-17(9-7-16)13-25-20(29)14-24-18-12-19(28-11-10-22-15-28)27-21(26-18)23-4-2/h6-12,15H,3-5,13-14H2,1-2H3,(H,25,29)(H2,23,24,26,27). The summed E-state index contributed by atoms with van der Waals surface area (Å²) in [6, 6.07) is 10.1. The SMILES string of the molecule is CCCc1ccc(CNC(=O)CNc2cc(-n3ccnc3)nc(NCC)n2)cc1. The van der Waals surface area contributed by atoms with Crippen LogP contribution in [0, 0.1) is 0 Å². The summed E-state index contributed by atoms with van der Waals surface area (Å²) in [6.45, 7) is 5.46. The molecule has 0 saturated heterocycles. The monoisotopic (exact) mass is 393 g/mol. The van der Waals surface area contributed by atoms with Gasteiger partial charge in [0.1, 0.15) is 18.0 Å². The molecule has 1 amide bonds. The molecule has 0 radical (unpaired) electrons. The van der Waals surface area contributed by atoms with Crippen LogP contribution < -0.4 is 16.0 Å². The molecule has 1 aromatic carbocycles. The molecule has 3 N–H and O–H groups in total. The minimum absolute atomic E-state index is 0.101. The predicted octanol–water partition coefficient (Wildman–Crippen LogP) is 2.77. The maximum absolute atomic E-state index is 12.2. The molecule has 3 aromatic rings. The van der Waals surface area contributed by atoms with Gasteiger partial charge in [0, 0.05) is 31.5 Å². The fourth-order valence-electron chi connectivity index (χ4n) is 2.84. The second-order valence-electron chi connectivity index (χ2n) is 6.63. The lowest BCUT2D eigenvalue weighted by molar-refractivity contribution is -0.119. The quantitative estimate of drug-likeness (QED) is 0.490. The van der Waals surface area contributed by atoms with Gasteiger partial charge in [-0.15, -0.1) is 0 Å². The van der Waals surface area contributed by atoms with E-state index in [0.29, 0.717) is 30.7 Å². The van der Waals surface area contributed by atoms with E-state index in [9.17, 15) is 4.79 Å². The fourth-order valence-corrected chi connectivity index (χ4v) is 2.84. The van der Waals surface area contributed by atoms with Crippen LogP contribution >= 0.6 is 0 Å². The van der Waals surface area contributed by atoms with Gasteiger partial charge in [-0.25, -0.2) is 4.98 Å². The van der Waals surface area contributed by atoms with Gasteiger partial charge in [0.2, 0.25) is 11.9 Å². The molecular formula is C21H27N7O. The van der Waals surface area contributed by atoms with Gasteiger partial charge in [-0.05, 0) is 24.5 Å². The average molecular weight is 393 g/mol. The minimum atomic E-state index is -0.101. The van der Waals surface area contributed by atoms with Gasteiger partial charge in [-0.2, -0.15) is 9.97 Å². The third-order valence-electron chi connectivity index (χ3n) is 4.30. The van der Waals surface area contributed by atoms with Crippen molar-refractivity contribution in [3.8, 4) is 5.82 Å². The maximum Gasteiger partial charge on any atom is 0.239 e. The molecule has 2 aromatic heterocycles. The van der Waals surface area contributed by atoms with Crippen LogP contribution in [0.4, 0.5) is 11.8 Å². The Labute approximate surface area is 170 Å². The molecule has 0 spiro atoms. The highest BCUT2D eigenvalue weighted by molar-refractivity contribution is 5.80. The van der Waals surface area contributed by atoms with E-state index >= 15 is 0 Å². The number of anilines is 2. The first-order valence-corrected chi connectivity index (χ1v) is 9.87. The molecular weight excluding hydrogens is 366 g/mol. The molecule has 29 heavy (non-hydrogen) atoms. The van der Waals surface area contributed by atoms with E-state index in [1.54, 1.807) is 29.4 Å². The van der Waals surface area contributed by atoms with Crippen molar-refractivity contribution in [3.63, 3.8) is 0 Å². The average Bonchev–Trinajstić information content (AvgIpc) is 3.27. The first-order valence-electron chi connectivity index (χ1n) is 9.87. The number of hydrogen-bond acceptors (Lipinski definition) is 6. The van der Waals surface area contributed by atoms with Crippen LogP contribution in [0.25, 0.3) is 5.82 Å². The van der Waals surface area contributed by atoms with Crippen LogP contribution in [-0.4, -0.2) is 38.5 Å². The largest absolute Gasteiger partial charge is 0.361 e. The van der Waals surface area contributed by atoms with Crippen LogP contribution in [-0.2, 0) is 17.8 Å². The summed E-state index contributed by atoms with van der Waals surface area (Å²) in [5, 5.41) is 9.10. The van der Waals surface area contributed by atoms with Crippen LogP contribution in [0.5, 0.6) is 0 Å². The Hall–Kier alpha value is -3.42. The zero-order chi connectivity index (χ0) is 20.5. The molecule has 0 bridgehead atoms. The van der Waals surface area contributed by atoms with E-state index in [0.717, 1.165) is 18.4 Å². The molecule has 0 fully saturated rings. The second-order valence-corrected chi connectivity index (χ2v) is 6.63.